The van der Waals surface area contributed by atoms with E-state index in [1.165, 1.54) is 6.20 Å². The molecule has 1 aliphatic heterocycles. The Labute approximate surface area is 141 Å². The lowest BCUT2D eigenvalue weighted by molar-refractivity contribution is -0.0320. The van der Waals surface area contributed by atoms with Crippen LogP contribution in [0.2, 0.25) is 0 Å². The first-order valence-electron chi connectivity index (χ1n) is 8.40. The third-order valence-corrected chi connectivity index (χ3v) is 4.88. The Balaban J connectivity index is 1.87. The monoisotopic (exact) mass is 331 g/mol. The van der Waals surface area contributed by atoms with Gasteiger partial charge in [0, 0.05) is 24.0 Å². The highest BCUT2D eigenvalue weighted by molar-refractivity contribution is 5.96. The maximum Gasteiger partial charge on any atom is 0.255 e. The van der Waals surface area contributed by atoms with E-state index in [1.807, 2.05) is 19.9 Å². The van der Waals surface area contributed by atoms with Crippen LogP contribution in [-0.4, -0.2) is 49.0 Å². The molecule has 0 aliphatic carbocycles. The third-order valence-electron chi connectivity index (χ3n) is 4.88. The van der Waals surface area contributed by atoms with Crippen LogP contribution in [0.1, 0.15) is 60.2 Å². The van der Waals surface area contributed by atoms with Gasteiger partial charge >= 0.3 is 0 Å². The van der Waals surface area contributed by atoms with Crippen molar-refractivity contribution in [2.75, 3.05) is 13.1 Å². The minimum absolute atomic E-state index is 0.0309. The topological polar surface area (TPSA) is 87.0 Å². The zero-order valence-corrected chi connectivity index (χ0v) is 14.7. The molecular weight excluding hydrogens is 306 g/mol. The predicted octanol–water partition coefficient (Wildman–Crippen LogP) is 1.93. The van der Waals surface area contributed by atoms with E-state index in [9.17, 15) is 9.90 Å². The minimum atomic E-state index is -1.13. The smallest absolute Gasteiger partial charge is 0.255 e. The van der Waals surface area contributed by atoms with Crippen LogP contribution in [0.25, 0.3) is 0 Å². The summed E-state index contributed by atoms with van der Waals surface area (Å²) in [5, 5.41) is 21.2. The average Bonchev–Trinajstić information content (AvgIpc) is 3.15. The van der Waals surface area contributed by atoms with E-state index in [0.29, 0.717) is 30.3 Å². The van der Waals surface area contributed by atoms with Crippen LogP contribution in [0.5, 0.6) is 0 Å². The molecule has 2 aromatic rings. The van der Waals surface area contributed by atoms with Crippen molar-refractivity contribution in [3.05, 3.63) is 34.9 Å². The van der Waals surface area contributed by atoms with E-state index >= 15 is 0 Å². The molecule has 130 valence electrons. The molecule has 1 amide bonds. The van der Waals surface area contributed by atoms with E-state index in [-0.39, 0.29) is 12.5 Å². The number of carbonyl (C=O) groups is 1. The molecule has 2 N–H and O–H groups in total. The highest BCUT2D eigenvalue weighted by Gasteiger charge is 2.39. The van der Waals surface area contributed by atoms with Gasteiger partial charge in [-0.15, -0.1) is 0 Å². The van der Waals surface area contributed by atoms with Gasteiger partial charge in [0.2, 0.25) is 0 Å². The SMILES string of the molecule is Cc1cc(C(=O)N2CCCC(O)(c3cn[nH]n3)C2)c(C)n1C(C)C. The number of likely N-dealkylation sites (tertiary alicyclic amines) is 1. The number of amides is 1. The lowest BCUT2D eigenvalue weighted by atomic mass is 9.89. The Morgan fingerprint density at radius 2 is 2.17 bits per heavy atom. The number of β-amino-alcohol motifs (C(OH)–C–C–N with tert-alkyl or cyclic N) is 1. The standard InChI is InChI=1S/C17H25N5O2/c1-11(2)22-12(3)8-14(13(22)4)16(23)21-7-5-6-17(24,10-21)15-9-18-20-19-15/h8-9,11,24H,5-7,10H2,1-4H3,(H,18,19,20). The summed E-state index contributed by atoms with van der Waals surface area (Å²) < 4.78 is 2.17. The Morgan fingerprint density at radius 1 is 1.42 bits per heavy atom. The lowest BCUT2D eigenvalue weighted by Crippen LogP contribution is -2.48. The van der Waals surface area contributed by atoms with Crippen molar-refractivity contribution >= 4 is 5.91 Å². The van der Waals surface area contributed by atoms with E-state index in [4.69, 9.17) is 0 Å². The molecule has 1 aliphatic rings. The summed E-state index contributed by atoms with van der Waals surface area (Å²) in [6.07, 6.45) is 2.84. The minimum Gasteiger partial charge on any atom is -0.382 e. The normalized spacial score (nSPS) is 21.5. The number of aromatic amines is 1. The van der Waals surface area contributed by atoms with Crippen molar-refractivity contribution in [3.63, 3.8) is 0 Å². The summed E-state index contributed by atoms with van der Waals surface area (Å²) in [5.74, 6) is -0.0309. The molecule has 2 aromatic heterocycles. The molecule has 1 unspecified atom stereocenters. The zero-order valence-electron chi connectivity index (χ0n) is 14.7. The first-order valence-corrected chi connectivity index (χ1v) is 8.40. The number of carbonyl (C=O) groups excluding carboxylic acids is 1. The molecule has 1 saturated heterocycles. The van der Waals surface area contributed by atoms with Crippen LogP contribution in [0.3, 0.4) is 0 Å². The fraction of sp³-hybridized carbons (Fsp3) is 0.588. The average molecular weight is 331 g/mol. The molecule has 0 radical (unpaired) electrons. The molecule has 7 heteroatoms. The summed E-state index contributed by atoms with van der Waals surface area (Å²) in [6.45, 7) is 9.10. The van der Waals surface area contributed by atoms with Crippen molar-refractivity contribution in [1.29, 1.82) is 0 Å². The fourth-order valence-electron chi connectivity index (χ4n) is 3.80. The second-order valence-corrected chi connectivity index (χ2v) is 6.97. The van der Waals surface area contributed by atoms with Crippen LogP contribution in [-0.2, 0) is 5.60 Å². The van der Waals surface area contributed by atoms with Crippen LogP contribution in [0.4, 0.5) is 0 Å². The van der Waals surface area contributed by atoms with Gasteiger partial charge in [-0.1, -0.05) is 0 Å². The van der Waals surface area contributed by atoms with Gasteiger partial charge in [0.05, 0.1) is 18.3 Å². The molecular formula is C17H25N5O2. The first kappa shape index (κ1) is 16.7. The molecule has 0 bridgehead atoms. The molecule has 1 atom stereocenters. The maximum absolute atomic E-state index is 13.0. The highest BCUT2D eigenvalue weighted by atomic mass is 16.3. The molecule has 0 aromatic carbocycles. The Morgan fingerprint density at radius 3 is 2.75 bits per heavy atom. The maximum atomic E-state index is 13.0. The Bertz CT molecular complexity index is 734. The van der Waals surface area contributed by atoms with Gasteiger partial charge in [-0.05, 0) is 46.6 Å². The van der Waals surface area contributed by atoms with Crippen molar-refractivity contribution < 1.29 is 9.90 Å². The van der Waals surface area contributed by atoms with E-state index in [2.05, 4.69) is 33.8 Å². The zero-order chi connectivity index (χ0) is 17.5. The quantitative estimate of drug-likeness (QED) is 0.899. The number of nitrogens with zero attached hydrogens (tertiary/aromatic N) is 4. The third kappa shape index (κ3) is 2.73. The van der Waals surface area contributed by atoms with Crippen LogP contribution in [0, 0.1) is 13.8 Å². The van der Waals surface area contributed by atoms with E-state index in [0.717, 1.165) is 17.8 Å². The van der Waals surface area contributed by atoms with Crippen LogP contribution in [0.15, 0.2) is 12.3 Å². The second kappa shape index (κ2) is 6.05. The summed E-state index contributed by atoms with van der Waals surface area (Å²) in [5.41, 5.74) is 2.13. The van der Waals surface area contributed by atoms with Gasteiger partial charge in [-0.3, -0.25) is 4.79 Å². The molecule has 3 rings (SSSR count). The summed E-state index contributed by atoms with van der Waals surface area (Å²) in [4.78, 5) is 14.8. The van der Waals surface area contributed by atoms with Gasteiger partial charge in [-0.2, -0.15) is 15.4 Å². The molecule has 0 spiro atoms. The van der Waals surface area contributed by atoms with Crippen LogP contribution < -0.4 is 0 Å². The van der Waals surface area contributed by atoms with Gasteiger partial charge in [0.25, 0.3) is 5.91 Å². The second-order valence-electron chi connectivity index (χ2n) is 6.97. The predicted molar refractivity (Wildman–Crippen MR) is 89.7 cm³/mol. The number of H-pyrrole nitrogens is 1. The summed E-state index contributed by atoms with van der Waals surface area (Å²) in [7, 11) is 0. The summed E-state index contributed by atoms with van der Waals surface area (Å²) in [6, 6.07) is 2.25. The molecule has 1 fully saturated rings. The largest absolute Gasteiger partial charge is 0.382 e. The van der Waals surface area contributed by atoms with Gasteiger partial charge in [0.1, 0.15) is 11.3 Å². The van der Waals surface area contributed by atoms with Gasteiger partial charge in [-0.25, -0.2) is 0 Å². The number of aromatic nitrogens is 4. The lowest BCUT2D eigenvalue weighted by Gasteiger charge is -2.38. The fourth-order valence-corrected chi connectivity index (χ4v) is 3.80. The van der Waals surface area contributed by atoms with Crippen molar-refractivity contribution in [2.45, 2.75) is 52.2 Å². The van der Waals surface area contributed by atoms with Gasteiger partial charge < -0.3 is 14.6 Å². The Hall–Kier alpha value is -2.15. The number of hydrogen-bond acceptors (Lipinski definition) is 4. The summed E-state index contributed by atoms with van der Waals surface area (Å²) >= 11 is 0. The molecule has 0 saturated carbocycles. The van der Waals surface area contributed by atoms with E-state index in [1.54, 1.807) is 4.90 Å². The number of aryl methyl sites for hydroxylation is 1. The number of hydrogen-bond donors (Lipinski definition) is 2. The van der Waals surface area contributed by atoms with Crippen LogP contribution >= 0.6 is 0 Å². The van der Waals surface area contributed by atoms with Crippen molar-refractivity contribution in [2.24, 2.45) is 0 Å². The highest BCUT2D eigenvalue weighted by Crippen LogP contribution is 2.31. The number of nitrogens with one attached hydrogen (secondary N) is 1. The van der Waals surface area contributed by atoms with Crippen molar-refractivity contribution in [1.82, 2.24) is 24.9 Å². The number of rotatable bonds is 3. The Kier molecular flexibility index (Phi) is 4.21. The van der Waals surface area contributed by atoms with Gasteiger partial charge in [0.15, 0.2) is 0 Å². The van der Waals surface area contributed by atoms with Crippen molar-refractivity contribution in [3.8, 4) is 0 Å². The molecule has 24 heavy (non-hydrogen) atoms. The first-order chi connectivity index (χ1) is 11.3. The molecule has 3 heterocycles. The number of piperidine rings is 1. The van der Waals surface area contributed by atoms with E-state index < -0.39 is 5.60 Å². The number of aliphatic hydroxyl groups is 1. The molecule has 7 nitrogen and oxygen atoms in total.